The lowest BCUT2D eigenvalue weighted by Crippen LogP contribution is -2.49. The maximum atomic E-state index is 12.9. The van der Waals surface area contributed by atoms with Crippen LogP contribution in [0.25, 0.3) is 34.1 Å². The number of fused-ring (bicyclic) bond motifs is 1. The molecule has 0 saturated carbocycles. The van der Waals surface area contributed by atoms with Crippen LogP contribution in [0.3, 0.4) is 0 Å². The minimum Gasteiger partial charge on any atom is -0.458 e. The third-order valence-electron chi connectivity index (χ3n) is 8.69. The zero-order chi connectivity index (χ0) is 34.3. The van der Waals surface area contributed by atoms with E-state index < -0.39 is 5.97 Å². The van der Waals surface area contributed by atoms with E-state index in [2.05, 4.69) is 23.1 Å². The number of carbonyl (C=O) groups is 2. The van der Waals surface area contributed by atoms with Crippen molar-refractivity contribution in [3.05, 3.63) is 150 Å². The van der Waals surface area contributed by atoms with Gasteiger partial charge >= 0.3 is 12.1 Å². The molecule has 1 aliphatic heterocycles. The number of nitrogens with zero attached hydrogens (tertiary/aromatic N) is 5. The number of esters is 1. The zero-order valence-electron chi connectivity index (χ0n) is 27.8. The van der Waals surface area contributed by atoms with Crippen LogP contribution in [0.4, 0.5) is 10.6 Å². The normalized spacial score (nSPS) is 13.1. The molecule has 9 nitrogen and oxygen atoms in total. The first kappa shape index (κ1) is 32.3. The van der Waals surface area contributed by atoms with Crippen LogP contribution in [-0.2, 0) is 27.5 Å². The summed E-state index contributed by atoms with van der Waals surface area (Å²) in [6.07, 6.45) is 2.89. The van der Waals surface area contributed by atoms with Crippen molar-refractivity contribution in [1.82, 2.24) is 19.5 Å². The fourth-order valence-corrected chi connectivity index (χ4v) is 6.10. The molecule has 0 N–H and O–H groups in total. The quantitative estimate of drug-likeness (QED) is 0.116. The van der Waals surface area contributed by atoms with E-state index >= 15 is 0 Å². The SMILES string of the molecule is Cc1nn2c(N3CCN(C(=O)OCc4ccccc4)CC3)cc(-c3cccc(/C=C/C(=O)OCc4ccccc4)c3)nc2c1-c1ccccc1. The predicted octanol–water partition coefficient (Wildman–Crippen LogP) is 7.59. The molecule has 0 bridgehead atoms. The van der Waals surface area contributed by atoms with Crippen molar-refractivity contribution in [1.29, 1.82) is 0 Å². The molecule has 0 atom stereocenters. The molecule has 9 heteroatoms. The Morgan fingerprint density at radius 1 is 0.720 bits per heavy atom. The standard InChI is InChI=1S/C41H37N5O4/c1-30-39(34-17-9-4-10-18-34)40-42-36(35-19-11-16-31(26-35)20-21-38(47)49-28-32-12-5-2-6-13-32)27-37(46(40)43-30)44-22-24-45(25-23-44)41(48)50-29-33-14-7-3-8-15-33/h2-21,26-27H,22-25,28-29H2,1H3/b21-20+. The molecule has 1 aliphatic rings. The van der Waals surface area contributed by atoms with Crippen molar-refractivity contribution in [2.24, 2.45) is 0 Å². The van der Waals surface area contributed by atoms with E-state index in [0.717, 1.165) is 56.2 Å². The van der Waals surface area contributed by atoms with Crippen LogP contribution in [0.1, 0.15) is 22.4 Å². The van der Waals surface area contributed by atoms with Crippen LogP contribution in [0.15, 0.2) is 127 Å². The van der Waals surface area contributed by atoms with Gasteiger partial charge in [0.1, 0.15) is 19.0 Å². The summed E-state index contributed by atoms with van der Waals surface area (Å²) < 4.78 is 12.9. The summed E-state index contributed by atoms with van der Waals surface area (Å²) in [7, 11) is 0. The molecular weight excluding hydrogens is 626 g/mol. The van der Waals surface area contributed by atoms with Crippen molar-refractivity contribution in [3.8, 4) is 22.4 Å². The maximum absolute atomic E-state index is 12.9. The Hall–Kier alpha value is -6.22. The molecule has 50 heavy (non-hydrogen) atoms. The maximum Gasteiger partial charge on any atom is 0.410 e. The number of hydrogen-bond donors (Lipinski definition) is 0. The molecule has 1 saturated heterocycles. The van der Waals surface area contributed by atoms with Crippen LogP contribution in [0.5, 0.6) is 0 Å². The highest BCUT2D eigenvalue weighted by molar-refractivity contribution is 5.87. The summed E-state index contributed by atoms with van der Waals surface area (Å²) in [5, 5.41) is 4.97. The number of anilines is 1. The molecule has 7 rings (SSSR count). The Balaban J connectivity index is 1.15. The van der Waals surface area contributed by atoms with Crippen LogP contribution in [-0.4, -0.2) is 57.7 Å². The number of aromatic nitrogens is 3. The van der Waals surface area contributed by atoms with Crippen LogP contribution in [0.2, 0.25) is 0 Å². The third-order valence-corrected chi connectivity index (χ3v) is 8.69. The summed E-state index contributed by atoms with van der Waals surface area (Å²) in [5.74, 6) is 0.476. The number of hydrogen-bond acceptors (Lipinski definition) is 7. The number of rotatable bonds is 9. The summed E-state index contributed by atoms with van der Waals surface area (Å²) in [5.41, 5.74) is 8.03. The first-order chi connectivity index (χ1) is 24.5. The number of amides is 1. The molecule has 2 aromatic heterocycles. The monoisotopic (exact) mass is 663 g/mol. The van der Waals surface area contributed by atoms with Gasteiger partial charge in [-0.05, 0) is 41.3 Å². The zero-order valence-corrected chi connectivity index (χ0v) is 27.8. The average Bonchev–Trinajstić information content (AvgIpc) is 3.51. The van der Waals surface area contributed by atoms with Crippen molar-refractivity contribution in [3.63, 3.8) is 0 Å². The molecular formula is C41H37N5O4. The van der Waals surface area contributed by atoms with Gasteiger partial charge in [0.25, 0.3) is 0 Å². The highest BCUT2D eigenvalue weighted by atomic mass is 16.6. The Bertz CT molecular complexity index is 2120. The van der Waals surface area contributed by atoms with E-state index in [9.17, 15) is 9.59 Å². The average molecular weight is 664 g/mol. The Labute approximate surface area is 291 Å². The van der Waals surface area contributed by atoms with Gasteiger partial charge in [-0.25, -0.2) is 14.6 Å². The van der Waals surface area contributed by atoms with Crippen molar-refractivity contribution >= 4 is 29.6 Å². The van der Waals surface area contributed by atoms with Gasteiger partial charge in [0, 0.05) is 49.4 Å². The van der Waals surface area contributed by atoms with Gasteiger partial charge in [0.05, 0.1) is 11.4 Å². The number of piperazine rings is 1. The van der Waals surface area contributed by atoms with E-state index in [4.69, 9.17) is 19.6 Å². The van der Waals surface area contributed by atoms with E-state index in [1.807, 2.05) is 115 Å². The van der Waals surface area contributed by atoms with Crippen LogP contribution >= 0.6 is 0 Å². The lowest BCUT2D eigenvalue weighted by Gasteiger charge is -2.35. The lowest BCUT2D eigenvalue weighted by atomic mass is 10.1. The fraction of sp³-hybridized carbons (Fsp3) is 0.171. The number of carbonyl (C=O) groups excluding carboxylic acids is 2. The second kappa shape index (κ2) is 14.9. The number of ether oxygens (including phenoxy) is 2. The molecule has 0 unspecified atom stereocenters. The Kier molecular flexibility index (Phi) is 9.64. The fourth-order valence-electron chi connectivity index (χ4n) is 6.10. The van der Waals surface area contributed by atoms with Gasteiger partial charge in [0.2, 0.25) is 0 Å². The van der Waals surface area contributed by atoms with E-state index in [1.165, 1.54) is 6.08 Å². The minimum atomic E-state index is -0.411. The molecule has 3 heterocycles. The highest BCUT2D eigenvalue weighted by Gasteiger charge is 2.26. The van der Waals surface area contributed by atoms with Crippen molar-refractivity contribution in [2.75, 3.05) is 31.1 Å². The molecule has 1 amide bonds. The lowest BCUT2D eigenvalue weighted by molar-refractivity contribution is -0.138. The third kappa shape index (κ3) is 7.42. The number of aryl methyl sites for hydroxylation is 1. The first-order valence-electron chi connectivity index (χ1n) is 16.7. The highest BCUT2D eigenvalue weighted by Crippen LogP contribution is 2.33. The van der Waals surface area contributed by atoms with E-state index in [0.29, 0.717) is 26.2 Å². The summed E-state index contributed by atoms with van der Waals surface area (Å²) >= 11 is 0. The first-order valence-corrected chi connectivity index (χ1v) is 16.7. The smallest absolute Gasteiger partial charge is 0.410 e. The number of benzene rings is 4. The van der Waals surface area contributed by atoms with Crippen molar-refractivity contribution < 1.29 is 19.1 Å². The second-order valence-corrected chi connectivity index (χ2v) is 12.1. The van der Waals surface area contributed by atoms with E-state index in [1.54, 1.807) is 11.0 Å². The molecule has 0 radical (unpaired) electrons. The molecule has 6 aromatic rings. The van der Waals surface area contributed by atoms with Gasteiger partial charge in [-0.2, -0.15) is 9.61 Å². The molecule has 0 aliphatic carbocycles. The molecule has 250 valence electrons. The predicted molar refractivity (Wildman–Crippen MR) is 194 cm³/mol. The summed E-state index contributed by atoms with van der Waals surface area (Å²) in [4.78, 5) is 34.6. The second-order valence-electron chi connectivity index (χ2n) is 12.1. The van der Waals surface area contributed by atoms with Gasteiger partial charge in [-0.3, -0.25) is 0 Å². The summed E-state index contributed by atoms with van der Waals surface area (Å²) in [6, 6.07) is 39.4. The molecule has 0 spiro atoms. The largest absolute Gasteiger partial charge is 0.458 e. The topological polar surface area (TPSA) is 89.3 Å². The molecule has 1 fully saturated rings. The van der Waals surface area contributed by atoms with Crippen LogP contribution in [0, 0.1) is 6.92 Å². The summed E-state index contributed by atoms with van der Waals surface area (Å²) in [6.45, 7) is 4.70. The van der Waals surface area contributed by atoms with Crippen molar-refractivity contribution in [2.45, 2.75) is 20.1 Å². The van der Waals surface area contributed by atoms with Gasteiger partial charge in [0.15, 0.2) is 5.65 Å². The molecule has 4 aromatic carbocycles. The Morgan fingerprint density at radius 2 is 1.34 bits per heavy atom. The van der Waals surface area contributed by atoms with Crippen LogP contribution < -0.4 is 4.90 Å². The Morgan fingerprint density at radius 3 is 2.02 bits per heavy atom. The van der Waals surface area contributed by atoms with Gasteiger partial charge < -0.3 is 19.3 Å². The van der Waals surface area contributed by atoms with E-state index in [-0.39, 0.29) is 19.3 Å². The van der Waals surface area contributed by atoms with Gasteiger partial charge in [-0.1, -0.05) is 109 Å². The minimum absolute atomic E-state index is 0.217. The van der Waals surface area contributed by atoms with Gasteiger partial charge in [-0.15, -0.1) is 0 Å².